The van der Waals surface area contributed by atoms with Crippen LogP contribution in [0.2, 0.25) is 0 Å². The summed E-state index contributed by atoms with van der Waals surface area (Å²) in [6.45, 7) is 2.03. The molecule has 0 saturated carbocycles. The molecule has 0 aliphatic heterocycles. The van der Waals surface area contributed by atoms with E-state index in [0.717, 1.165) is 11.1 Å². The standard InChI is InChI=1S/C16H17NO/c1-12-5-2-3-7-14(12)11-16(18)10-13-6-4-8-15(17)9-13/h2-9H,10-11,17H2,1H3. The summed E-state index contributed by atoms with van der Waals surface area (Å²) in [7, 11) is 0. The number of carbonyl (C=O) groups excluding carboxylic acids is 1. The second-order valence-corrected chi connectivity index (χ2v) is 4.56. The zero-order valence-corrected chi connectivity index (χ0v) is 10.5. The lowest BCUT2D eigenvalue weighted by atomic mass is 9.99. The Morgan fingerprint density at radius 3 is 2.56 bits per heavy atom. The quantitative estimate of drug-likeness (QED) is 0.834. The Hall–Kier alpha value is -2.09. The molecule has 0 unspecified atom stereocenters. The predicted octanol–water partition coefficient (Wildman–Crippen LogP) is 2.93. The van der Waals surface area contributed by atoms with E-state index in [9.17, 15) is 4.79 Å². The fourth-order valence-corrected chi connectivity index (χ4v) is 2.01. The fourth-order valence-electron chi connectivity index (χ4n) is 2.01. The zero-order chi connectivity index (χ0) is 13.0. The predicted molar refractivity (Wildman–Crippen MR) is 74.4 cm³/mol. The minimum absolute atomic E-state index is 0.218. The summed E-state index contributed by atoms with van der Waals surface area (Å²) in [5, 5.41) is 0. The molecule has 2 heteroatoms. The summed E-state index contributed by atoms with van der Waals surface area (Å²) in [6, 6.07) is 15.5. The molecule has 0 aromatic heterocycles. The number of ketones is 1. The summed E-state index contributed by atoms with van der Waals surface area (Å²) >= 11 is 0. The summed E-state index contributed by atoms with van der Waals surface area (Å²) in [4.78, 5) is 12.0. The number of Topliss-reactive ketones (excluding diaryl/α,β-unsaturated/α-hetero) is 1. The highest BCUT2D eigenvalue weighted by Crippen LogP contribution is 2.12. The number of hydrogen-bond acceptors (Lipinski definition) is 2. The maximum Gasteiger partial charge on any atom is 0.141 e. The van der Waals surface area contributed by atoms with Crippen molar-refractivity contribution in [2.75, 3.05) is 5.73 Å². The van der Waals surface area contributed by atoms with Crippen molar-refractivity contribution in [1.29, 1.82) is 0 Å². The molecule has 0 fully saturated rings. The van der Waals surface area contributed by atoms with Crippen molar-refractivity contribution in [2.45, 2.75) is 19.8 Å². The maximum absolute atomic E-state index is 12.0. The SMILES string of the molecule is Cc1ccccc1CC(=O)Cc1cccc(N)c1. The molecule has 2 aromatic carbocycles. The van der Waals surface area contributed by atoms with Gasteiger partial charge in [-0.05, 0) is 35.7 Å². The van der Waals surface area contributed by atoms with Crippen LogP contribution in [-0.4, -0.2) is 5.78 Å². The molecule has 0 atom stereocenters. The van der Waals surface area contributed by atoms with Crippen molar-refractivity contribution in [1.82, 2.24) is 0 Å². The lowest BCUT2D eigenvalue weighted by molar-refractivity contribution is -0.117. The van der Waals surface area contributed by atoms with Crippen LogP contribution in [-0.2, 0) is 17.6 Å². The molecule has 92 valence electrons. The third-order valence-corrected chi connectivity index (χ3v) is 3.00. The van der Waals surface area contributed by atoms with Crippen LogP contribution in [0.4, 0.5) is 5.69 Å². The minimum atomic E-state index is 0.218. The van der Waals surface area contributed by atoms with Gasteiger partial charge in [-0.3, -0.25) is 4.79 Å². The molecule has 2 N–H and O–H groups in total. The second-order valence-electron chi connectivity index (χ2n) is 4.56. The van der Waals surface area contributed by atoms with E-state index >= 15 is 0 Å². The molecule has 0 saturated heterocycles. The van der Waals surface area contributed by atoms with E-state index in [1.54, 1.807) is 0 Å². The van der Waals surface area contributed by atoms with E-state index in [2.05, 4.69) is 0 Å². The number of aryl methyl sites for hydroxylation is 1. The van der Waals surface area contributed by atoms with Gasteiger partial charge in [-0.1, -0.05) is 36.4 Å². The van der Waals surface area contributed by atoms with Gasteiger partial charge in [-0.15, -0.1) is 0 Å². The van der Waals surface area contributed by atoms with Crippen molar-refractivity contribution in [3.05, 3.63) is 65.2 Å². The van der Waals surface area contributed by atoms with Gasteiger partial charge < -0.3 is 5.73 Å². The number of carbonyl (C=O) groups is 1. The Morgan fingerprint density at radius 1 is 1.06 bits per heavy atom. The van der Waals surface area contributed by atoms with Gasteiger partial charge in [0.05, 0.1) is 0 Å². The molecule has 0 radical (unpaired) electrons. The smallest absolute Gasteiger partial charge is 0.141 e. The summed E-state index contributed by atoms with van der Waals surface area (Å²) < 4.78 is 0. The third-order valence-electron chi connectivity index (χ3n) is 3.00. The van der Waals surface area contributed by atoms with Gasteiger partial charge in [0.2, 0.25) is 0 Å². The molecule has 0 bridgehead atoms. The zero-order valence-electron chi connectivity index (χ0n) is 10.5. The maximum atomic E-state index is 12.0. The molecule has 0 aliphatic carbocycles. The van der Waals surface area contributed by atoms with Crippen LogP contribution in [0.3, 0.4) is 0 Å². The van der Waals surface area contributed by atoms with Gasteiger partial charge in [-0.25, -0.2) is 0 Å². The number of nitrogens with two attached hydrogens (primary N) is 1. The Labute approximate surface area is 107 Å². The monoisotopic (exact) mass is 239 g/mol. The van der Waals surface area contributed by atoms with Crippen LogP contribution in [0, 0.1) is 6.92 Å². The first kappa shape index (κ1) is 12.4. The molecule has 0 amide bonds. The molecule has 18 heavy (non-hydrogen) atoms. The molecule has 2 rings (SSSR count). The van der Waals surface area contributed by atoms with Crippen molar-refractivity contribution < 1.29 is 4.79 Å². The first-order valence-electron chi connectivity index (χ1n) is 6.06. The van der Waals surface area contributed by atoms with Gasteiger partial charge in [0.15, 0.2) is 0 Å². The van der Waals surface area contributed by atoms with Crippen LogP contribution in [0.15, 0.2) is 48.5 Å². The lowest BCUT2D eigenvalue weighted by Gasteiger charge is -2.05. The fraction of sp³-hybridized carbons (Fsp3) is 0.188. The minimum Gasteiger partial charge on any atom is -0.399 e. The largest absolute Gasteiger partial charge is 0.399 e. The van der Waals surface area contributed by atoms with Crippen molar-refractivity contribution in [2.24, 2.45) is 0 Å². The lowest BCUT2D eigenvalue weighted by Crippen LogP contribution is -2.07. The van der Waals surface area contributed by atoms with Gasteiger partial charge in [0, 0.05) is 18.5 Å². The van der Waals surface area contributed by atoms with Crippen LogP contribution < -0.4 is 5.73 Å². The normalized spacial score (nSPS) is 10.3. The highest BCUT2D eigenvalue weighted by Gasteiger charge is 2.07. The average Bonchev–Trinajstić information content (AvgIpc) is 2.32. The van der Waals surface area contributed by atoms with Crippen LogP contribution in [0.5, 0.6) is 0 Å². The summed E-state index contributed by atoms with van der Waals surface area (Å²) in [5.41, 5.74) is 9.65. The van der Waals surface area contributed by atoms with E-state index in [4.69, 9.17) is 5.73 Å². The molecule has 0 heterocycles. The molecular formula is C16H17NO. The van der Waals surface area contributed by atoms with E-state index in [-0.39, 0.29) is 5.78 Å². The molecule has 0 spiro atoms. The Kier molecular flexibility index (Phi) is 3.78. The van der Waals surface area contributed by atoms with Gasteiger partial charge in [0.1, 0.15) is 5.78 Å². The Morgan fingerprint density at radius 2 is 1.83 bits per heavy atom. The molecule has 0 aliphatic rings. The molecule has 2 nitrogen and oxygen atoms in total. The third kappa shape index (κ3) is 3.20. The van der Waals surface area contributed by atoms with Gasteiger partial charge in [0.25, 0.3) is 0 Å². The number of nitrogen functional groups attached to an aromatic ring is 1. The molecule has 2 aromatic rings. The van der Waals surface area contributed by atoms with Crippen molar-refractivity contribution >= 4 is 11.5 Å². The van der Waals surface area contributed by atoms with E-state index in [0.29, 0.717) is 18.5 Å². The van der Waals surface area contributed by atoms with E-state index in [1.807, 2.05) is 55.5 Å². The highest BCUT2D eigenvalue weighted by molar-refractivity contribution is 5.83. The first-order chi connectivity index (χ1) is 8.65. The highest BCUT2D eigenvalue weighted by atomic mass is 16.1. The van der Waals surface area contributed by atoms with Crippen molar-refractivity contribution in [3.63, 3.8) is 0 Å². The van der Waals surface area contributed by atoms with E-state index in [1.165, 1.54) is 5.56 Å². The second kappa shape index (κ2) is 5.50. The van der Waals surface area contributed by atoms with Gasteiger partial charge in [-0.2, -0.15) is 0 Å². The van der Waals surface area contributed by atoms with Crippen LogP contribution in [0.1, 0.15) is 16.7 Å². The number of hydrogen-bond donors (Lipinski definition) is 1. The Bertz CT molecular complexity index is 561. The number of benzene rings is 2. The summed E-state index contributed by atoms with van der Waals surface area (Å²) in [6.07, 6.45) is 0.931. The molecular weight excluding hydrogens is 222 g/mol. The van der Waals surface area contributed by atoms with Crippen LogP contribution >= 0.6 is 0 Å². The Balaban J connectivity index is 2.03. The van der Waals surface area contributed by atoms with E-state index < -0.39 is 0 Å². The topological polar surface area (TPSA) is 43.1 Å². The number of rotatable bonds is 4. The number of anilines is 1. The van der Waals surface area contributed by atoms with Gasteiger partial charge >= 0.3 is 0 Å². The van der Waals surface area contributed by atoms with Crippen molar-refractivity contribution in [3.8, 4) is 0 Å². The summed E-state index contributed by atoms with van der Waals surface area (Å²) in [5.74, 6) is 0.218. The van der Waals surface area contributed by atoms with Crippen LogP contribution in [0.25, 0.3) is 0 Å². The first-order valence-corrected chi connectivity index (χ1v) is 6.06. The average molecular weight is 239 g/mol.